The van der Waals surface area contributed by atoms with Gasteiger partial charge in [-0.05, 0) is 50.9 Å². The van der Waals surface area contributed by atoms with Crippen molar-refractivity contribution in [3.05, 3.63) is 41.6 Å². The summed E-state index contributed by atoms with van der Waals surface area (Å²) in [6, 6.07) is 9.67. The molecule has 4 nitrogen and oxygen atoms in total. The number of pyridine rings is 1. The summed E-state index contributed by atoms with van der Waals surface area (Å²) in [5, 5.41) is 7.38. The van der Waals surface area contributed by atoms with E-state index in [1.165, 1.54) is 12.8 Å². The summed E-state index contributed by atoms with van der Waals surface area (Å²) in [7, 11) is 0. The highest BCUT2D eigenvalue weighted by Gasteiger charge is 2.16. The normalized spacial score (nSPS) is 18.6. The molecule has 1 unspecified atom stereocenters. The van der Waals surface area contributed by atoms with Crippen LogP contribution in [-0.2, 0) is 0 Å². The van der Waals surface area contributed by atoms with Crippen LogP contribution < -0.4 is 10.6 Å². The molecule has 1 aromatic carbocycles. The first-order valence-corrected chi connectivity index (χ1v) is 7.59. The van der Waals surface area contributed by atoms with Crippen LogP contribution in [0.4, 0.5) is 0 Å². The molecule has 1 aromatic heterocycles. The van der Waals surface area contributed by atoms with Crippen LogP contribution >= 0.6 is 0 Å². The van der Waals surface area contributed by atoms with Gasteiger partial charge in [0.05, 0.1) is 11.1 Å². The molecule has 2 N–H and O–H groups in total. The Hall–Kier alpha value is -1.94. The molecule has 1 atom stereocenters. The molecule has 0 saturated carbocycles. The maximum Gasteiger partial charge on any atom is 0.252 e. The molecular formula is C17H21N3O. The van der Waals surface area contributed by atoms with Gasteiger partial charge in [0.1, 0.15) is 0 Å². The van der Waals surface area contributed by atoms with Gasteiger partial charge in [-0.2, -0.15) is 0 Å². The lowest BCUT2D eigenvalue weighted by Gasteiger charge is -2.23. The molecule has 1 aliphatic heterocycles. The van der Waals surface area contributed by atoms with Crippen molar-refractivity contribution in [2.24, 2.45) is 5.92 Å². The Morgan fingerprint density at radius 2 is 2.29 bits per heavy atom. The van der Waals surface area contributed by atoms with Crippen molar-refractivity contribution in [2.75, 3.05) is 19.6 Å². The molecule has 0 aliphatic carbocycles. The minimum atomic E-state index is 0.00211. The van der Waals surface area contributed by atoms with E-state index in [4.69, 9.17) is 0 Å². The zero-order chi connectivity index (χ0) is 14.7. The van der Waals surface area contributed by atoms with Crippen molar-refractivity contribution in [3.8, 4) is 0 Å². The van der Waals surface area contributed by atoms with Crippen molar-refractivity contribution in [2.45, 2.75) is 19.8 Å². The summed E-state index contributed by atoms with van der Waals surface area (Å²) < 4.78 is 0. The van der Waals surface area contributed by atoms with Gasteiger partial charge >= 0.3 is 0 Å². The third-order valence-corrected chi connectivity index (χ3v) is 4.04. The van der Waals surface area contributed by atoms with Gasteiger partial charge in [-0.25, -0.2) is 0 Å². The van der Waals surface area contributed by atoms with E-state index in [0.29, 0.717) is 5.92 Å². The molecule has 0 spiro atoms. The molecule has 3 rings (SSSR count). The van der Waals surface area contributed by atoms with Gasteiger partial charge in [0.15, 0.2) is 0 Å². The molecule has 1 aliphatic rings. The molecule has 1 amide bonds. The topological polar surface area (TPSA) is 54.0 Å². The molecule has 2 heterocycles. The Balaban J connectivity index is 1.77. The Bertz CT molecular complexity index is 648. The Morgan fingerprint density at radius 3 is 3.10 bits per heavy atom. The van der Waals surface area contributed by atoms with Crippen molar-refractivity contribution < 1.29 is 4.79 Å². The Labute approximate surface area is 125 Å². The van der Waals surface area contributed by atoms with Gasteiger partial charge in [0.2, 0.25) is 0 Å². The van der Waals surface area contributed by atoms with Gasteiger partial charge in [-0.1, -0.05) is 18.2 Å². The SMILES string of the molecule is Cc1cc(C(=O)NCC2CCCNC2)c2ccccc2n1. The van der Waals surface area contributed by atoms with Gasteiger partial charge in [0.25, 0.3) is 5.91 Å². The van der Waals surface area contributed by atoms with Crippen LogP contribution in [-0.4, -0.2) is 30.5 Å². The zero-order valence-corrected chi connectivity index (χ0v) is 12.4. The van der Waals surface area contributed by atoms with Gasteiger partial charge in [-0.15, -0.1) is 0 Å². The average Bonchev–Trinajstić information content (AvgIpc) is 2.52. The number of rotatable bonds is 3. The number of aromatic nitrogens is 1. The second-order valence-electron chi connectivity index (χ2n) is 5.75. The maximum atomic E-state index is 12.5. The number of fused-ring (bicyclic) bond motifs is 1. The first-order valence-electron chi connectivity index (χ1n) is 7.59. The van der Waals surface area contributed by atoms with E-state index in [1.807, 2.05) is 37.3 Å². The van der Waals surface area contributed by atoms with Crippen molar-refractivity contribution >= 4 is 16.8 Å². The first-order chi connectivity index (χ1) is 10.2. The molecule has 1 saturated heterocycles. The highest BCUT2D eigenvalue weighted by molar-refractivity contribution is 6.06. The maximum absolute atomic E-state index is 12.5. The minimum absolute atomic E-state index is 0.00211. The lowest BCUT2D eigenvalue weighted by atomic mass is 9.99. The molecule has 21 heavy (non-hydrogen) atoms. The summed E-state index contributed by atoms with van der Waals surface area (Å²) >= 11 is 0. The number of nitrogens with zero attached hydrogens (tertiary/aromatic N) is 1. The Kier molecular flexibility index (Phi) is 4.15. The number of benzene rings is 1. The standard InChI is InChI=1S/C17H21N3O/c1-12-9-15(14-6-2-3-7-16(14)20-12)17(21)19-11-13-5-4-8-18-10-13/h2-3,6-7,9,13,18H,4-5,8,10-11H2,1H3,(H,19,21). The number of nitrogens with one attached hydrogen (secondary N) is 2. The van der Waals surface area contributed by atoms with Crippen LogP contribution in [0.2, 0.25) is 0 Å². The number of carbonyl (C=O) groups excluding carboxylic acids is 1. The number of aryl methyl sites for hydroxylation is 1. The fourth-order valence-corrected chi connectivity index (χ4v) is 2.93. The van der Waals surface area contributed by atoms with E-state index in [1.54, 1.807) is 0 Å². The number of para-hydroxylation sites is 1. The highest BCUT2D eigenvalue weighted by atomic mass is 16.1. The van der Waals surface area contributed by atoms with Gasteiger partial charge < -0.3 is 10.6 Å². The number of hydrogen-bond donors (Lipinski definition) is 2. The predicted octanol–water partition coefficient (Wildman–Crippen LogP) is 2.27. The monoisotopic (exact) mass is 283 g/mol. The van der Waals surface area contributed by atoms with Crippen LogP contribution in [0.15, 0.2) is 30.3 Å². The fraction of sp³-hybridized carbons (Fsp3) is 0.412. The third kappa shape index (κ3) is 3.22. The second-order valence-corrected chi connectivity index (χ2v) is 5.75. The summed E-state index contributed by atoms with van der Waals surface area (Å²) in [6.45, 7) is 4.75. The summed E-state index contributed by atoms with van der Waals surface area (Å²) in [5.74, 6) is 0.541. The zero-order valence-electron chi connectivity index (χ0n) is 12.4. The molecule has 2 aromatic rings. The van der Waals surface area contributed by atoms with E-state index < -0.39 is 0 Å². The van der Waals surface area contributed by atoms with Crippen molar-refractivity contribution in [1.82, 2.24) is 15.6 Å². The molecular weight excluding hydrogens is 262 g/mol. The van der Waals surface area contributed by atoms with Crippen LogP contribution in [0.5, 0.6) is 0 Å². The number of amides is 1. The minimum Gasteiger partial charge on any atom is -0.352 e. The van der Waals surface area contributed by atoms with Crippen LogP contribution in [0, 0.1) is 12.8 Å². The molecule has 0 radical (unpaired) electrons. The van der Waals surface area contributed by atoms with E-state index in [0.717, 1.165) is 41.8 Å². The van der Waals surface area contributed by atoms with Crippen molar-refractivity contribution in [3.63, 3.8) is 0 Å². The summed E-state index contributed by atoms with van der Waals surface area (Å²) in [6.07, 6.45) is 2.38. The number of hydrogen-bond acceptors (Lipinski definition) is 3. The van der Waals surface area contributed by atoms with Crippen LogP contribution in [0.3, 0.4) is 0 Å². The van der Waals surface area contributed by atoms with E-state index in [9.17, 15) is 4.79 Å². The second kappa shape index (κ2) is 6.22. The summed E-state index contributed by atoms with van der Waals surface area (Å²) in [4.78, 5) is 17.0. The lowest BCUT2D eigenvalue weighted by Crippen LogP contribution is -2.38. The van der Waals surface area contributed by atoms with Crippen LogP contribution in [0.25, 0.3) is 10.9 Å². The molecule has 0 bridgehead atoms. The van der Waals surface area contributed by atoms with Gasteiger partial charge in [-0.3, -0.25) is 9.78 Å². The van der Waals surface area contributed by atoms with E-state index in [-0.39, 0.29) is 5.91 Å². The van der Waals surface area contributed by atoms with Crippen molar-refractivity contribution in [1.29, 1.82) is 0 Å². The van der Waals surface area contributed by atoms with Gasteiger partial charge in [0, 0.05) is 17.6 Å². The highest BCUT2D eigenvalue weighted by Crippen LogP contribution is 2.18. The van der Waals surface area contributed by atoms with E-state index >= 15 is 0 Å². The van der Waals surface area contributed by atoms with Crippen LogP contribution in [0.1, 0.15) is 28.9 Å². The average molecular weight is 283 g/mol. The molecule has 4 heteroatoms. The quantitative estimate of drug-likeness (QED) is 0.908. The third-order valence-electron chi connectivity index (χ3n) is 4.04. The largest absolute Gasteiger partial charge is 0.352 e. The Morgan fingerprint density at radius 1 is 1.43 bits per heavy atom. The lowest BCUT2D eigenvalue weighted by molar-refractivity contribution is 0.0946. The summed E-state index contributed by atoms with van der Waals surface area (Å²) in [5.41, 5.74) is 2.47. The molecule has 1 fully saturated rings. The number of carbonyl (C=O) groups is 1. The number of piperidine rings is 1. The van der Waals surface area contributed by atoms with E-state index in [2.05, 4.69) is 15.6 Å². The smallest absolute Gasteiger partial charge is 0.252 e. The predicted molar refractivity (Wildman–Crippen MR) is 84.4 cm³/mol. The molecule has 110 valence electrons. The first kappa shape index (κ1) is 14.0. The fourth-order valence-electron chi connectivity index (χ4n) is 2.93.